The average molecular weight is 259 g/mol. The van der Waals surface area contributed by atoms with E-state index in [1.54, 1.807) is 6.07 Å². The number of aryl methyl sites for hydroxylation is 1. The minimum Gasteiger partial charge on any atom is -0.493 e. The number of hydrogen-bond acceptors (Lipinski definition) is 4. The summed E-state index contributed by atoms with van der Waals surface area (Å²) in [5, 5.41) is 9.98. The summed E-state index contributed by atoms with van der Waals surface area (Å²) in [6.45, 7) is 2.40. The second-order valence-electron chi connectivity index (χ2n) is 4.82. The molecule has 19 heavy (non-hydrogen) atoms. The van der Waals surface area contributed by atoms with E-state index in [0.29, 0.717) is 17.9 Å². The number of aromatic amines is 1. The molecule has 100 valence electrons. The Morgan fingerprint density at radius 3 is 2.68 bits per heavy atom. The smallest absolute Gasteiger partial charge is 0.262 e. The SMILES string of the molecule is Cc1cccc(-c2c(O)nc(CN(C)C)[nH]c2=O)c1. The third kappa shape index (κ3) is 3.00. The second kappa shape index (κ2) is 5.24. The summed E-state index contributed by atoms with van der Waals surface area (Å²) in [5.74, 6) is 0.218. The van der Waals surface area contributed by atoms with Crippen molar-refractivity contribution in [1.82, 2.24) is 14.9 Å². The van der Waals surface area contributed by atoms with Crippen molar-refractivity contribution in [2.45, 2.75) is 13.5 Å². The van der Waals surface area contributed by atoms with Crippen molar-refractivity contribution in [2.75, 3.05) is 14.1 Å². The van der Waals surface area contributed by atoms with E-state index in [0.717, 1.165) is 5.56 Å². The zero-order chi connectivity index (χ0) is 14.0. The number of benzene rings is 1. The van der Waals surface area contributed by atoms with Gasteiger partial charge in [-0.25, -0.2) is 0 Å². The average Bonchev–Trinajstić information content (AvgIpc) is 2.26. The summed E-state index contributed by atoms with van der Waals surface area (Å²) in [7, 11) is 3.73. The maximum Gasteiger partial charge on any atom is 0.262 e. The molecule has 0 atom stereocenters. The zero-order valence-electron chi connectivity index (χ0n) is 11.3. The van der Waals surface area contributed by atoms with Crippen LogP contribution in [0.5, 0.6) is 5.88 Å². The lowest BCUT2D eigenvalue weighted by Gasteiger charge is -2.10. The molecule has 0 fully saturated rings. The Bertz CT molecular complexity index is 647. The Hall–Kier alpha value is -2.14. The van der Waals surface area contributed by atoms with Gasteiger partial charge in [0.2, 0.25) is 5.88 Å². The molecule has 0 bridgehead atoms. The van der Waals surface area contributed by atoms with Crippen molar-refractivity contribution < 1.29 is 5.11 Å². The predicted molar refractivity (Wildman–Crippen MR) is 74.1 cm³/mol. The number of hydrogen-bond donors (Lipinski definition) is 2. The lowest BCUT2D eigenvalue weighted by Crippen LogP contribution is -2.19. The summed E-state index contributed by atoms with van der Waals surface area (Å²) < 4.78 is 0. The van der Waals surface area contributed by atoms with Gasteiger partial charge in [0.25, 0.3) is 5.56 Å². The molecule has 0 amide bonds. The van der Waals surface area contributed by atoms with E-state index in [9.17, 15) is 9.90 Å². The summed E-state index contributed by atoms with van der Waals surface area (Å²) in [6, 6.07) is 7.40. The predicted octanol–water partition coefficient (Wildman–Crippen LogP) is 1.51. The Morgan fingerprint density at radius 2 is 2.11 bits per heavy atom. The molecule has 0 spiro atoms. The maximum absolute atomic E-state index is 12.1. The van der Waals surface area contributed by atoms with Crippen molar-refractivity contribution in [3.63, 3.8) is 0 Å². The Labute approximate surface area is 111 Å². The van der Waals surface area contributed by atoms with E-state index in [2.05, 4.69) is 9.97 Å². The minimum absolute atomic E-state index is 0.214. The highest BCUT2D eigenvalue weighted by Crippen LogP contribution is 2.23. The molecule has 1 aromatic heterocycles. The molecule has 1 aromatic carbocycles. The number of aromatic hydroxyl groups is 1. The molecule has 0 aliphatic rings. The lowest BCUT2D eigenvalue weighted by molar-refractivity contribution is 0.381. The van der Waals surface area contributed by atoms with Gasteiger partial charge in [0.1, 0.15) is 11.4 Å². The molecule has 5 nitrogen and oxygen atoms in total. The Kier molecular flexibility index (Phi) is 3.66. The van der Waals surface area contributed by atoms with Gasteiger partial charge in [-0.15, -0.1) is 0 Å². The van der Waals surface area contributed by atoms with Crippen LogP contribution < -0.4 is 5.56 Å². The highest BCUT2D eigenvalue weighted by Gasteiger charge is 2.13. The van der Waals surface area contributed by atoms with Crippen LogP contribution in [0, 0.1) is 6.92 Å². The third-order valence-electron chi connectivity index (χ3n) is 2.72. The van der Waals surface area contributed by atoms with E-state index in [4.69, 9.17) is 0 Å². The van der Waals surface area contributed by atoms with Gasteiger partial charge in [0.15, 0.2) is 0 Å². The largest absolute Gasteiger partial charge is 0.493 e. The monoisotopic (exact) mass is 259 g/mol. The number of nitrogens with zero attached hydrogens (tertiary/aromatic N) is 2. The third-order valence-corrected chi connectivity index (χ3v) is 2.72. The Morgan fingerprint density at radius 1 is 1.37 bits per heavy atom. The fourth-order valence-corrected chi connectivity index (χ4v) is 1.94. The van der Waals surface area contributed by atoms with Gasteiger partial charge in [-0.05, 0) is 26.6 Å². The molecule has 5 heteroatoms. The van der Waals surface area contributed by atoms with Gasteiger partial charge < -0.3 is 15.0 Å². The van der Waals surface area contributed by atoms with Crippen LogP contribution in [-0.4, -0.2) is 34.1 Å². The van der Waals surface area contributed by atoms with Gasteiger partial charge in [-0.1, -0.05) is 29.8 Å². The Balaban J connectivity index is 2.51. The van der Waals surface area contributed by atoms with Crippen molar-refractivity contribution in [3.8, 4) is 17.0 Å². The summed E-state index contributed by atoms with van der Waals surface area (Å²) in [6.07, 6.45) is 0. The van der Waals surface area contributed by atoms with Crippen LogP contribution in [0.15, 0.2) is 29.1 Å². The highest BCUT2D eigenvalue weighted by molar-refractivity contribution is 5.67. The van der Waals surface area contributed by atoms with Crippen LogP contribution in [-0.2, 0) is 6.54 Å². The fourth-order valence-electron chi connectivity index (χ4n) is 1.94. The van der Waals surface area contributed by atoms with Gasteiger partial charge >= 0.3 is 0 Å². The first kappa shape index (κ1) is 13.3. The molecule has 2 N–H and O–H groups in total. The van der Waals surface area contributed by atoms with E-state index >= 15 is 0 Å². The molecular formula is C14H17N3O2. The molecule has 0 aliphatic heterocycles. The highest BCUT2D eigenvalue weighted by atomic mass is 16.3. The van der Waals surface area contributed by atoms with Gasteiger partial charge in [0, 0.05) is 0 Å². The number of aromatic nitrogens is 2. The van der Waals surface area contributed by atoms with E-state index in [1.165, 1.54) is 0 Å². The molecule has 0 saturated carbocycles. The second-order valence-corrected chi connectivity index (χ2v) is 4.82. The number of rotatable bonds is 3. The van der Waals surface area contributed by atoms with E-state index < -0.39 is 0 Å². The van der Waals surface area contributed by atoms with Gasteiger partial charge in [-0.2, -0.15) is 4.98 Å². The molecule has 0 radical (unpaired) electrons. The minimum atomic E-state index is -0.324. The summed E-state index contributed by atoms with van der Waals surface area (Å²) in [4.78, 5) is 20.7. The van der Waals surface area contributed by atoms with E-state index in [-0.39, 0.29) is 17.0 Å². The quantitative estimate of drug-likeness (QED) is 0.876. The van der Waals surface area contributed by atoms with Crippen LogP contribution in [0.4, 0.5) is 0 Å². The van der Waals surface area contributed by atoms with Gasteiger partial charge in [-0.3, -0.25) is 4.79 Å². The molecule has 2 rings (SSSR count). The zero-order valence-corrected chi connectivity index (χ0v) is 11.3. The van der Waals surface area contributed by atoms with Crippen molar-refractivity contribution in [2.24, 2.45) is 0 Å². The summed E-state index contributed by atoms with van der Waals surface area (Å²) >= 11 is 0. The molecule has 1 heterocycles. The molecule has 0 unspecified atom stereocenters. The summed E-state index contributed by atoms with van der Waals surface area (Å²) in [5.41, 5.74) is 1.58. The molecule has 0 aliphatic carbocycles. The van der Waals surface area contributed by atoms with Crippen LogP contribution in [0.25, 0.3) is 11.1 Å². The number of nitrogens with one attached hydrogen (secondary N) is 1. The van der Waals surface area contributed by atoms with Crippen molar-refractivity contribution >= 4 is 0 Å². The lowest BCUT2D eigenvalue weighted by atomic mass is 10.1. The first-order valence-electron chi connectivity index (χ1n) is 6.01. The number of H-pyrrole nitrogens is 1. The van der Waals surface area contributed by atoms with Crippen LogP contribution in [0.2, 0.25) is 0 Å². The van der Waals surface area contributed by atoms with Crippen LogP contribution >= 0.6 is 0 Å². The molecular weight excluding hydrogens is 242 g/mol. The first-order chi connectivity index (χ1) is 8.97. The first-order valence-corrected chi connectivity index (χ1v) is 6.01. The van der Waals surface area contributed by atoms with Gasteiger partial charge in [0.05, 0.1) is 6.54 Å². The molecule has 2 aromatic rings. The molecule has 0 saturated heterocycles. The topological polar surface area (TPSA) is 69.2 Å². The van der Waals surface area contributed by atoms with Crippen LogP contribution in [0.1, 0.15) is 11.4 Å². The maximum atomic E-state index is 12.1. The van der Waals surface area contributed by atoms with Crippen molar-refractivity contribution in [1.29, 1.82) is 0 Å². The fraction of sp³-hybridized carbons (Fsp3) is 0.286. The van der Waals surface area contributed by atoms with Crippen LogP contribution in [0.3, 0.4) is 0 Å². The normalized spacial score (nSPS) is 10.9. The van der Waals surface area contributed by atoms with Crippen molar-refractivity contribution in [3.05, 3.63) is 46.0 Å². The van der Waals surface area contributed by atoms with E-state index in [1.807, 2.05) is 44.1 Å². The standard InChI is InChI=1S/C14H17N3O2/c1-9-5-4-6-10(7-9)12-13(18)15-11(8-17(2)3)16-14(12)19/h4-7H,8H2,1-3H3,(H2,15,16,18,19).